The van der Waals surface area contributed by atoms with E-state index in [-0.39, 0.29) is 18.0 Å². The van der Waals surface area contributed by atoms with Gasteiger partial charge in [-0.2, -0.15) is 0 Å². The van der Waals surface area contributed by atoms with Gasteiger partial charge in [0, 0.05) is 16.0 Å². The van der Waals surface area contributed by atoms with E-state index in [1.807, 2.05) is 35.0 Å². The standard InChI is InChI=1S/C15H13N3O3S2/c19-13-12(8-16-7-10-3-1-5-22-10)14(20)18(15(21)17-13)9-11-4-2-6-23-11/h1-6,8,20H,7,9H2,(H,17,19,21). The third-order valence-electron chi connectivity index (χ3n) is 3.15. The van der Waals surface area contributed by atoms with Crippen molar-refractivity contribution in [2.24, 2.45) is 4.99 Å². The van der Waals surface area contributed by atoms with Crippen LogP contribution in [0.3, 0.4) is 0 Å². The molecular formula is C15H13N3O3S2. The van der Waals surface area contributed by atoms with Crippen molar-refractivity contribution in [3.05, 3.63) is 71.2 Å². The quantitative estimate of drug-likeness (QED) is 0.692. The molecule has 0 unspecified atom stereocenters. The molecule has 3 aromatic rings. The monoisotopic (exact) mass is 347 g/mol. The molecule has 0 amide bonds. The lowest BCUT2D eigenvalue weighted by Gasteiger charge is -2.08. The summed E-state index contributed by atoms with van der Waals surface area (Å²) in [5.41, 5.74) is -1.31. The topological polar surface area (TPSA) is 87.5 Å². The molecule has 0 aliphatic heterocycles. The van der Waals surface area contributed by atoms with E-state index in [9.17, 15) is 14.7 Å². The molecule has 0 aliphatic carbocycles. The summed E-state index contributed by atoms with van der Waals surface area (Å²) >= 11 is 3.03. The predicted molar refractivity (Wildman–Crippen MR) is 92.0 cm³/mol. The van der Waals surface area contributed by atoms with Crippen molar-refractivity contribution in [2.45, 2.75) is 13.1 Å². The highest BCUT2D eigenvalue weighted by atomic mass is 32.1. The summed E-state index contributed by atoms with van der Waals surface area (Å²) in [6, 6.07) is 7.56. The maximum atomic E-state index is 11.9. The van der Waals surface area contributed by atoms with Crippen molar-refractivity contribution in [2.75, 3.05) is 0 Å². The molecule has 0 spiro atoms. The van der Waals surface area contributed by atoms with Gasteiger partial charge in [0.25, 0.3) is 5.56 Å². The van der Waals surface area contributed by atoms with Gasteiger partial charge < -0.3 is 5.11 Å². The lowest BCUT2D eigenvalue weighted by Crippen LogP contribution is -2.32. The number of aromatic hydroxyl groups is 1. The number of aromatic nitrogens is 2. The molecule has 3 rings (SSSR count). The lowest BCUT2D eigenvalue weighted by molar-refractivity contribution is 0.409. The summed E-state index contributed by atoms with van der Waals surface area (Å²) in [6.07, 6.45) is 1.30. The van der Waals surface area contributed by atoms with Crippen molar-refractivity contribution >= 4 is 28.9 Å². The van der Waals surface area contributed by atoms with Crippen LogP contribution in [0.1, 0.15) is 15.3 Å². The molecule has 0 bridgehead atoms. The fraction of sp³-hybridized carbons (Fsp3) is 0.133. The molecule has 0 saturated carbocycles. The van der Waals surface area contributed by atoms with Crippen LogP contribution in [0.15, 0.2) is 49.6 Å². The van der Waals surface area contributed by atoms with Gasteiger partial charge in [-0.15, -0.1) is 22.7 Å². The van der Waals surface area contributed by atoms with Crippen LogP contribution in [-0.4, -0.2) is 20.9 Å². The van der Waals surface area contributed by atoms with Gasteiger partial charge in [-0.1, -0.05) is 12.1 Å². The van der Waals surface area contributed by atoms with E-state index in [1.165, 1.54) is 17.6 Å². The maximum absolute atomic E-state index is 11.9. The average molecular weight is 347 g/mol. The molecule has 0 radical (unpaired) electrons. The van der Waals surface area contributed by atoms with Gasteiger partial charge in [-0.3, -0.25) is 19.3 Å². The minimum absolute atomic E-state index is 0.0160. The Balaban J connectivity index is 1.92. The van der Waals surface area contributed by atoms with Crippen LogP contribution in [0, 0.1) is 0 Å². The Morgan fingerprint density at radius 1 is 1.17 bits per heavy atom. The second-order valence-corrected chi connectivity index (χ2v) is 6.78. The van der Waals surface area contributed by atoms with E-state index in [4.69, 9.17) is 0 Å². The van der Waals surface area contributed by atoms with Crippen molar-refractivity contribution in [1.82, 2.24) is 9.55 Å². The Labute approximate surface area is 139 Å². The summed E-state index contributed by atoms with van der Waals surface area (Å²) in [4.78, 5) is 32.1. The summed E-state index contributed by atoms with van der Waals surface area (Å²) in [5, 5.41) is 14.1. The van der Waals surface area contributed by atoms with E-state index >= 15 is 0 Å². The highest BCUT2D eigenvalue weighted by Crippen LogP contribution is 2.15. The number of rotatable bonds is 5. The van der Waals surface area contributed by atoms with Gasteiger partial charge in [0.05, 0.1) is 13.1 Å². The largest absolute Gasteiger partial charge is 0.494 e. The van der Waals surface area contributed by atoms with Gasteiger partial charge in [-0.05, 0) is 22.9 Å². The maximum Gasteiger partial charge on any atom is 0.331 e. The summed E-state index contributed by atoms with van der Waals surface area (Å²) in [6.45, 7) is 0.617. The molecule has 0 atom stereocenters. The molecule has 0 saturated heterocycles. The number of H-pyrrole nitrogens is 1. The number of hydrogen-bond acceptors (Lipinski definition) is 6. The van der Waals surface area contributed by atoms with E-state index in [0.29, 0.717) is 6.54 Å². The molecule has 8 heteroatoms. The molecule has 2 N–H and O–H groups in total. The Kier molecular flexibility index (Phi) is 4.54. The normalized spacial score (nSPS) is 11.3. The van der Waals surface area contributed by atoms with Crippen molar-refractivity contribution in [1.29, 1.82) is 0 Å². The Hall–Kier alpha value is -2.45. The van der Waals surface area contributed by atoms with Crippen LogP contribution >= 0.6 is 22.7 Å². The first kappa shape index (κ1) is 15.4. The van der Waals surface area contributed by atoms with Gasteiger partial charge in [0.1, 0.15) is 5.56 Å². The number of hydrogen-bond donors (Lipinski definition) is 2. The molecule has 6 nitrogen and oxygen atoms in total. The molecule has 118 valence electrons. The van der Waals surface area contributed by atoms with E-state index in [2.05, 4.69) is 9.98 Å². The fourth-order valence-electron chi connectivity index (χ4n) is 2.03. The van der Waals surface area contributed by atoms with Crippen LogP contribution < -0.4 is 11.2 Å². The first-order chi connectivity index (χ1) is 11.1. The molecule has 3 aromatic heterocycles. The van der Waals surface area contributed by atoms with Crippen LogP contribution in [-0.2, 0) is 13.1 Å². The Morgan fingerprint density at radius 2 is 1.87 bits per heavy atom. The van der Waals surface area contributed by atoms with Gasteiger partial charge in [0.15, 0.2) is 0 Å². The minimum Gasteiger partial charge on any atom is -0.494 e. The second-order valence-electron chi connectivity index (χ2n) is 4.71. The van der Waals surface area contributed by atoms with Crippen molar-refractivity contribution < 1.29 is 5.11 Å². The van der Waals surface area contributed by atoms with Gasteiger partial charge in [0.2, 0.25) is 5.88 Å². The lowest BCUT2D eigenvalue weighted by atomic mass is 10.3. The van der Waals surface area contributed by atoms with Crippen LogP contribution in [0.4, 0.5) is 0 Å². The number of aromatic amines is 1. The Bertz CT molecular complexity index is 922. The number of thiophene rings is 2. The zero-order valence-corrected chi connectivity index (χ0v) is 13.6. The molecule has 0 aliphatic rings. The highest BCUT2D eigenvalue weighted by molar-refractivity contribution is 7.10. The van der Waals surface area contributed by atoms with Crippen LogP contribution in [0.2, 0.25) is 0 Å². The predicted octanol–water partition coefficient (Wildman–Crippen LogP) is 2.03. The van der Waals surface area contributed by atoms with Gasteiger partial charge in [-0.25, -0.2) is 4.79 Å². The van der Waals surface area contributed by atoms with Gasteiger partial charge >= 0.3 is 5.69 Å². The summed E-state index contributed by atoms with van der Waals surface area (Å²) in [5.74, 6) is -0.373. The number of aliphatic imine (C=N–C) groups is 1. The molecule has 0 fully saturated rings. The number of nitrogens with zero attached hydrogens (tertiary/aromatic N) is 2. The van der Waals surface area contributed by atoms with Crippen LogP contribution in [0.25, 0.3) is 0 Å². The Morgan fingerprint density at radius 3 is 2.52 bits per heavy atom. The first-order valence-electron chi connectivity index (χ1n) is 6.76. The SMILES string of the molecule is O=c1[nH]c(=O)n(Cc2cccs2)c(O)c1C=NCc1cccs1. The zero-order valence-electron chi connectivity index (χ0n) is 11.9. The third-order valence-corrected chi connectivity index (χ3v) is 4.87. The third kappa shape index (κ3) is 3.49. The average Bonchev–Trinajstić information content (AvgIpc) is 3.20. The van der Waals surface area contributed by atoms with Crippen molar-refractivity contribution in [3.8, 4) is 5.88 Å². The second kappa shape index (κ2) is 6.76. The molecular weight excluding hydrogens is 334 g/mol. The summed E-state index contributed by atoms with van der Waals surface area (Å²) < 4.78 is 1.12. The minimum atomic E-state index is -0.648. The molecule has 23 heavy (non-hydrogen) atoms. The molecule has 3 heterocycles. The van der Waals surface area contributed by atoms with E-state index < -0.39 is 11.2 Å². The first-order valence-corrected chi connectivity index (χ1v) is 8.52. The van der Waals surface area contributed by atoms with E-state index in [1.54, 1.807) is 11.3 Å². The molecule has 0 aromatic carbocycles. The smallest absolute Gasteiger partial charge is 0.331 e. The summed E-state index contributed by atoms with van der Waals surface area (Å²) in [7, 11) is 0. The van der Waals surface area contributed by atoms with E-state index in [0.717, 1.165) is 14.3 Å². The zero-order chi connectivity index (χ0) is 16.2. The highest BCUT2D eigenvalue weighted by Gasteiger charge is 2.13. The number of nitrogens with one attached hydrogen (secondary N) is 1. The van der Waals surface area contributed by atoms with Crippen LogP contribution in [0.5, 0.6) is 5.88 Å². The van der Waals surface area contributed by atoms with Crippen molar-refractivity contribution in [3.63, 3.8) is 0 Å². The fourth-order valence-corrected chi connectivity index (χ4v) is 3.36.